The third-order valence-corrected chi connectivity index (χ3v) is 7.28. The Morgan fingerprint density at radius 3 is 2.15 bits per heavy atom. The van der Waals surface area contributed by atoms with Crippen molar-refractivity contribution < 1.29 is 8.78 Å². The van der Waals surface area contributed by atoms with E-state index < -0.39 is 11.6 Å². The SMILES string of the molecule is C[C@@H](Cc1c(F)cc(CCC2CCC(c3ccc(C#N)cc3)CC2)cc1F)c1ccccc1. The fraction of sp³-hybridized carbons (Fsp3) is 0.367. The third kappa shape index (κ3) is 5.88. The van der Waals surface area contributed by atoms with Crippen LogP contribution in [0.4, 0.5) is 8.78 Å². The second-order valence-electron chi connectivity index (χ2n) is 9.54. The Morgan fingerprint density at radius 2 is 1.55 bits per heavy atom. The molecule has 0 amide bonds. The molecule has 0 spiro atoms. The Bertz CT molecular complexity index is 1070. The van der Waals surface area contributed by atoms with Crippen molar-refractivity contribution in [2.45, 2.75) is 63.7 Å². The van der Waals surface area contributed by atoms with Gasteiger partial charge in [0, 0.05) is 5.56 Å². The van der Waals surface area contributed by atoms with Gasteiger partial charge in [0.05, 0.1) is 11.6 Å². The lowest BCUT2D eigenvalue weighted by Gasteiger charge is -2.29. The van der Waals surface area contributed by atoms with Gasteiger partial charge in [-0.1, -0.05) is 49.4 Å². The summed E-state index contributed by atoms with van der Waals surface area (Å²) in [6.45, 7) is 2.01. The van der Waals surface area contributed by atoms with Crippen LogP contribution < -0.4 is 0 Å². The zero-order chi connectivity index (χ0) is 23.2. The summed E-state index contributed by atoms with van der Waals surface area (Å²) in [5.41, 5.74) is 4.06. The molecule has 0 radical (unpaired) electrons. The number of halogens is 2. The Labute approximate surface area is 196 Å². The summed E-state index contributed by atoms with van der Waals surface area (Å²) >= 11 is 0. The number of nitriles is 1. The van der Waals surface area contributed by atoms with Gasteiger partial charge in [-0.2, -0.15) is 5.26 Å². The highest BCUT2D eigenvalue weighted by Crippen LogP contribution is 2.37. The first kappa shape index (κ1) is 23.2. The largest absolute Gasteiger partial charge is 0.207 e. The molecule has 3 aromatic rings. The monoisotopic (exact) mass is 443 g/mol. The molecule has 0 unspecified atom stereocenters. The van der Waals surface area contributed by atoms with Crippen molar-refractivity contribution in [3.8, 4) is 6.07 Å². The minimum absolute atomic E-state index is 0.0624. The van der Waals surface area contributed by atoms with E-state index in [9.17, 15) is 8.78 Å². The van der Waals surface area contributed by atoms with Gasteiger partial charge < -0.3 is 0 Å². The molecule has 0 aromatic heterocycles. The van der Waals surface area contributed by atoms with Crippen molar-refractivity contribution in [3.05, 3.63) is 106 Å². The van der Waals surface area contributed by atoms with Gasteiger partial charge in [0.2, 0.25) is 0 Å². The van der Waals surface area contributed by atoms with Gasteiger partial charge >= 0.3 is 0 Å². The second kappa shape index (κ2) is 10.8. The average molecular weight is 444 g/mol. The molecule has 3 aromatic carbocycles. The maximum Gasteiger partial charge on any atom is 0.129 e. The molecule has 0 saturated heterocycles. The lowest BCUT2D eigenvalue weighted by Crippen LogP contribution is -2.14. The first-order valence-electron chi connectivity index (χ1n) is 12.0. The van der Waals surface area contributed by atoms with Gasteiger partial charge in [-0.05, 0) is 104 Å². The van der Waals surface area contributed by atoms with E-state index in [0.29, 0.717) is 30.2 Å². The molecule has 1 atom stereocenters. The van der Waals surface area contributed by atoms with Crippen LogP contribution >= 0.6 is 0 Å². The standard InChI is InChI=1S/C30H31F2N/c1-21(25-5-3-2-4-6-25)17-28-29(31)18-24(19-30(28)32)8-7-22-9-13-26(14-10-22)27-15-11-23(20-33)12-16-27/h2-6,11-12,15-16,18-19,21-22,26H,7-10,13-14,17H2,1H3/t21-,22?,26?/m0/s1. The number of aryl methyl sites for hydroxylation is 1. The van der Waals surface area contributed by atoms with E-state index in [0.717, 1.165) is 43.2 Å². The Kier molecular flexibility index (Phi) is 7.55. The average Bonchev–Trinajstić information content (AvgIpc) is 2.86. The minimum atomic E-state index is -0.419. The van der Waals surface area contributed by atoms with E-state index in [1.54, 1.807) is 12.1 Å². The minimum Gasteiger partial charge on any atom is -0.207 e. The molecule has 1 aliphatic rings. The maximum absolute atomic E-state index is 14.8. The van der Waals surface area contributed by atoms with E-state index in [2.05, 4.69) is 18.2 Å². The van der Waals surface area contributed by atoms with Gasteiger partial charge in [0.25, 0.3) is 0 Å². The van der Waals surface area contributed by atoms with Crippen LogP contribution in [0.15, 0.2) is 66.7 Å². The van der Waals surface area contributed by atoms with Crippen LogP contribution in [0.25, 0.3) is 0 Å². The van der Waals surface area contributed by atoms with Crippen molar-refractivity contribution in [2.24, 2.45) is 5.92 Å². The molecule has 4 rings (SSSR count). The van der Waals surface area contributed by atoms with E-state index >= 15 is 0 Å². The highest BCUT2D eigenvalue weighted by atomic mass is 19.1. The van der Waals surface area contributed by atoms with E-state index in [-0.39, 0.29) is 11.5 Å². The predicted octanol–water partition coefficient (Wildman–Crippen LogP) is 8.09. The highest BCUT2D eigenvalue weighted by Gasteiger charge is 2.23. The van der Waals surface area contributed by atoms with Crippen molar-refractivity contribution in [1.29, 1.82) is 5.26 Å². The van der Waals surface area contributed by atoms with Crippen LogP contribution in [0.3, 0.4) is 0 Å². The molecule has 3 heteroatoms. The van der Waals surface area contributed by atoms with Crippen LogP contribution in [0.1, 0.15) is 78.7 Å². The summed E-state index contributed by atoms with van der Waals surface area (Å²) in [7, 11) is 0. The number of benzene rings is 3. The second-order valence-corrected chi connectivity index (χ2v) is 9.54. The molecule has 0 N–H and O–H groups in total. The maximum atomic E-state index is 14.8. The molecule has 1 saturated carbocycles. The van der Waals surface area contributed by atoms with E-state index in [1.807, 2.05) is 49.4 Å². The lowest BCUT2D eigenvalue weighted by molar-refractivity contribution is 0.310. The summed E-state index contributed by atoms with van der Waals surface area (Å²) in [6.07, 6.45) is 6.60. The first-order chi connectivity index (χ1) is 16.0. The van der Waals surface area contributed by atoms with Gasteiger partial charge in [0.1, 0.15) is 11.6 Å². The molecule has 0 bridgehead atoms. The molecule has 1 aliphatic carbocycles. The third-order valence-electron chi connectivity index (χ3n) is 7.28. The topological polar surface area (TPSA) is 23.8 Å². The first-order valence-corrected chi connectivity index (χ1v) is 12.0. The molecule has 1 nitrogen and oxygen atoms in total. The van der Waals surface area contributed by atoms with Crippen molar-refractivity contribution in [2.75, 3.05) is 0 Å². The number of hydrogen-bond donors (Lipinski definition) is 0. The zero-order valence-electron chi connectivity index (χ0n) is 19.2. The molecular weight excluding hydrogens is 412 g/mol. The summed E-state index contributed by atoms with van der Waals surface area (Å²) in [5.74, 6) is 0.375. The van der Waals surface area contributed by atoms with Gasteiger partial charge in [-0.15, -0.1) is 0 Å². The fourth-order valence-electron chi connectivity index (χ4n) is 5.19. The molecule has 0 heterocycles. The summed E-state index contributed by atoms with van der Waals surface area (Å²) < 4.78 is 29.6. The molecule has 1 fully saturated rings. The summed E-state index contributed by atoms with van der Waals surface area (Å²) in [5, 5.41) is 8.96. The quantitative estimate of drug-likeness (QED) is 0.362. The van der Waals surface area contributed by atoms with Gasteiger partial charge in [0.15, 0.2) is 0 Å². The Balaban J connectivity index is 1.30. The summed E-state index contributed by atoms with van der Waals surface area (Å²) in [4.78, 5) is 0. The Hall–Kier alpha value is -2.99. The van der Waals surface area contributed by atoms with Crippen LogP contribution in [0.5, 0.6) is 0 Å². The van der Waals surface area contributed by atoms with E-state index in [1.165, 1.54) is 5.56 Å². The molecule has 33 heavy (non-hydrogen) atoms. The van der Waals surface area contributed by atoms with Crippen LogP contribution in [-0.4, -0.2) is 0 Å². The number of hydrogen-bond acceptors (Lipinski definition) is 1. The Morgan fingerprint density at radius 1 is 0.909 bits per heavy atom. The fourth-order valence-corrected chi connectivity index (χ4v) is 5.19. The normalized spacial score (nSPS) is 19.1. The van der Waals surface area contributed by atoms with Gasteiger partial charge in [-0.3, -0.25) is 0 Å². The lowest BCUT2D eigenvalue weighted by atomic mass is 9.77. The predicted molar refractivity (Wildman–Crippen MR) is 129 cm³/mol. The summed E-state index contributed by atoms with van der Waals surface area (Å²) in [6, 6.07) is 23.1. The van der Waals surface area contributed by atoms with Gasteiger partial charge in [-0.25, -0.2) is 8.78 Å². The molecule has 170 valence electrons. The highest BCUT2D eigenvalue weighted by molar-refractivity contribution is 5.33. The molecule has 0 aliphatic heterocycles. The smallest absolute Gasteiger partial charge is 0.129 e. The van der Waals surface area contributed by atoms with Crippen molar-refractivity contribution >= 4 is 0 Å². The number of nitrogens with zero attached hydrogens (tertiary/aromatic N) is 1. The van der Waals surface area contributed by atoms with Crippen LogP contribution in [0.2, 0.25) is 0 Å². The van der Waals surface area contributed by atoms with Crippen LogP contribution in [-0.2, 0) is 12.8 Å². The molecular formula is C30H31F2N. The van der Waals surface area contributed by atoms with Crippen LogP contribution in [0, 0.1) is 28.9 Å². The number of rotatable bonds is 7. The van der Waals surface area contributed by atoms with E-state index in [4.69, 9.17) is 5.26 Å². The van der Waals surface area contributed by atoms with Crippen molar-refractivity contribution in [3.63, 3.8) is 0 Å². The van der Waals surface area contributed by atoms with Crippen molar-refractivity contribution in [1.82, 2.24) is 0 Å². The zero-order valence-corrected chi connectivity index (χ0v) is 19.2.